The number of pyridine rings is 2. The molecular weight excluding hydrogens is 268 g/mol. The molecule has 22 heavy (non-hydrogen) atoms. The number of rotatable bonds is 2. The van der Waals surface area contributed by atoms with E-state index in [1.165, 1.54) is 16.7 Å². The Labute approximate surface area is 131 Å². The fraction of sp³-hybridized carbons (Fsp3) is 0.200. The Morgan fingerprint density at radius 3 is 2.09 bits per heavy atom. The molecule has 0 radical (unpaired) electrons. The Morgan fingerprint density at radius 2 is 1.45 bits per heavy atom. The summed E-state index contributed by atoms with van der Waals surface area (Å²) in [6.45, 7) is 6.71. The van der Waals surface area contributed by atoms with Crippen LogP contribution in [0.1, 0.15) is 26.3 Å². The van der Waals surface area contributed by atoms with Crippen LogP contribution in [0.25, 0.3) is 22.4 Å². The Hall–Kier alpha value is -2.48. The lowest BCUT2D eigenvalue weighted by atomic mass is 9.84. The van der Waals surface area contributed by atoms with Gasteiger partial charge in [-0.3, -0.25) is 9.97 Å². The second-order valence-corrected chi connectivity index (χ2v) is 6.50. The second-order valence-electron chi connectivity index (χ2n) is 6.50. The molecule has 0 aliphatic rings. The van der Waals surface area contributed by atoms with Gasteiger partial charge in [-0.25, -0.2) is 0 Å². The molecule has 2 aromatic heterocycles. The van der Waals surface area contributed by atoms with Gasteiger partial charge in [-0.15, -0.1) is 0 Å². The van der Waals surface area contributed by atoms with E-state index in [1.807, 2.05) is 42.9 Å². The molecule has 0 aliphatic carbocycles. The van der Waals surface area contributed by atoms with Gasteiger partial charge in [-0.1, -0.05) is 32.9 Å². The highest BCUT2D eigenvalue weighted by Gasteiger charge is 2.16. The Bertz CT molecular complexity index is 699. The van der Waals surface area contributed by atoms with Crippen LogP contribution < -0.4 is 0 Å². The third-order valence-corrected chi connectivity index (χ3v) is 3.77. The van der Waals surface area contributed by atoms with Gasteiger partial charge in [0.1, 0.15) is 0 Å². The van der Waals surface area contributed by atoms with Gasteiger partial charge in [-0.2, -0.15) is 0 Å². The summed E-state index contributed by atoms with van der Waals surface area (Å²) in [4.78, 5) is 8.60. The molecule has 0 amide bonds. The van der Waals surface area contributed by atoms with Crippen LogP contribution in [0.15, 0.2) is 67.1 Å². The first kappa shape index (κ1) is 14.5. The van der Waals surface area contributed by atoms with E-state index in [0.717, 1.165) is 11.3 Å². The molecule has 0 bridgehead atoms. The lowest BCUT2D eigenvalue weighted by molar-refractivity contribution is 0.590. The van der Waals surface area contributed by atoms with Crippen LogP contribution in [0.5, 0.6) is 0 Å². The van der Waals surface area contributed by atoms with Crippen LogP contribution in [-0.4, -0.2) is 9.97 Å². The molecule has 0 spiro atoms. The minimum absolute atomic E-state index is 0.0899. The van der Waals surface area contributed by atoms with Crippen molar-refractivity contribution in [2.45, 2.75) is 26.2 Å². The highest BCUT2D eigenvalue weighted by atomic mass is 14.7. The molecule has 2 heteroatoms. The van der Waals surface area contributed by atoms with E-state index in [-0.39, 0.29) is 5.41 Å². The van der Waals surface area contributed by atoms with Gasteiger partial charge in [0.25, 0.3) is 0 Å². The van der Waals surface area contributed by atoms with Gasteiger partial charge >= 0.3 is 0 Å². The third-order valence-electron chi connectivity index (χ3n) is 3.77. The maximum atomic E-state index is 4.49. The van der Waals surface area contributed by atoms with E-state index < -0.39 is 0 Å². The average molecular weight is 288 g/mol. The highest BCUT2D eigenvalue weighted by molar-refractivity contribution is 5.72. The molecule has 3 aromatic rings. The van der Waals surface area contributed by atoms with Crippen LogP contribution in [0, 0.1) is 0 Å². The van der Waals surface area contributed by atoms with Crippen LogP contribution >= 0.6 is 0 Å². The Morgan fingerprint density at radius 1 is 0.727 bits per heavy atom. The molecule has 1 aromatic carbocycles. The van der Waals surface area contributed by atoms with Crippen molar-refractivity contribution in [3.63, 3.8) is 0 Å². The minimum Gasteiger partial charge on any atom is -0.265 e. The number of hydrogen-bond donors (Lipinski definition) is 0. The van der Waals surface area contributed by atoms with Gasteiger partial charge in [-0.05, 0) is 58.5 Å². The second kappa shape index (κ2) is 5.72. The first-order valence-corrected chi connectivity index (χ1v) is 7.51. The normalized spacial score (nSPS) is 11.4. The molecule has 2 heterocycles. The van der Waals surface area contributed by atoms with Gasteiger partial charge in [0.15, 0.2) is 0 Å². The largest absolute Gasteiger partial charge is 0.265 e. The summed E-state index contributed by atoms with van der Waals surface area (Å²) in [5.74, 6) is 0. The molecule has 0 saturated heterocycles. The van der Waals surface area contributed by atoms with Crippen LogP contribution in [-0.2, 0) is 5.41 Å². The Kier molecular flexibility index (Phi) is 3.76. The van der Waals surface area contributed by atoms with E-state index in [4.69, 9.17) is 0 Å². The van der Waals surface area contributed by atoms with Crippen LogP contribution in [0.2, 0.25) is 0 Å². The molecule has 0 atom stereocenters. The van der Waals surface area contributed by atoms with Crippen molar-refractivity contribution in [3.8, 4) is 22.4 Å². The fourth-order valence-corrected chi connectivity index (χ4v) is 2.45. The lowest BCUT2D eigenvalue weighted by Crippen LogP contribution is -2.11. The van der Waals surface area contributed by atoms with Gasteiger partial charge in [0.05, 0.1) is 5.69 Å². The topological polar surface area (TPSA) is 25.8 Å². The zero-order chi connectivity index (χ0) is 15.6. The van der Waals surface area contributed by atoms with Crippen molar-refractivity contribution in [3.05, 3.63) is 72.7 Å². The molecule has 0 unspecified atom stereocenters. The Balaban J connectivity index is 2.19. The standard InChI is InChI=1S/C20H20N2/c1-20(2,3)18-13-16(15-7-10-21-11-8-15)12-17(14-18)19-6-4-5-9-22-19/h4-14H,1-3H3. The number of aromatic nitrogens is 2. The molecular formula is C20H20N2. The van der Waals surface area contributed by atoms with Crippen molar-refractivity contribution in [1.82, 2.24) is 9.97 Å². The first-order valence-electron chi connectivity index (χ1n) is 7.51. The zero-order valence-electron chi connectivity index (χ0n) is 13.2. The minimum atomic E-state index is 0.0899. The van der Waals surface area contributed by atoms with E-state index >= 15 is 0 Å². The van der Waals surface area contributed by atoms with E-state index in [1.54, 1.807) is 0 Å². The zero-order valence-corrected chi connectivity index (χ0v) is 13.2. The van der Waals surface area contributed by atoms with Crippen molar-refractivity contribution in [2.75, 3.05) is 0 Å². The van der Waals surface area contributed by atoms with Crippen molar-refractivity contribution >= 4 is 0 Å². The van der Waals surface area contributed by atoms with E-state index in [2.05, 4.69) is 55.0 Å². The van der Waals surface area contributed by atoms with E-state index in [0.29, 0.717) is 0 Å². The smallest absolute Gasteiger partial charge is 0.0702 e. The van der Waals surface area contributed by atoms with Crippen LogP contribution in [0.4, 0.5) is 0 Å². The summed E-state index contributed by atoms with van der Waals surface area (Å²) in [6, 6.07) is 16.8. The predicted octanol–water partition coefficient (Wildman–Crippen LogP) is 5.11. The third kappa shape index (κ3) is 3.06. The average Bonchev–Trinajstić information content (AvgIpc) is 2.55. The molecule has 110 valence electrons. The molecule has 0 saturated carbocycles. The molecule has 0 aliphatic heterocycles. The maximum absolute atomic E-state index is 4.49. The number of benzene rings is 1. The van der Waals surface area contributed by atoms with Crippen molar-refractivity contribution in [1.29, 1.82) is 0 Å². The fourth-order valence-electron chi connectivity index (χ4n) is 2.45. The SMILES string of the molecule is CC(C)(C)c1cc(-c2ccncc2)cc(-c2ccccn2)c1. The van der Waals surface area contributed by atoms with Gasteiger partial charge in [0, 0.05) is 24.2 Å². The molecule has 0 N–H and O–H groups in total. The lowest BCUT2D eigenvalue weighted by Gasteiger charge is -2.21. The summed E-state index contributed by atoms with van der Waals surface area (Å²) >= 11 is 0. The molecule has 3 rings (SSSR count). The summed E-state index contributed by atoms with van der Waals surface area (Å²) in [5, 5.41) is 0. The van der Waals surface area contributed by atoms with Crippen molar-refractivity contribution < 1.29 is 0 Å². The summed E-state index contributed by atoms with van der Waals surface area (Å²) in [5.41, 5.74) is 5.94. The maximum Gasteiger partial charge on any atom is 0.0702 e. The number of hydrogen-bond acceptors (Lipinski definition) is 2. The quantitative estimate of drug-likeness (QED) is 0.655. The number of nitrogens with zero attached hydrogens (tertiary/aromatic N) is 2. The van der Waals surface area contributed by atoms with Crippen molar-refractivity contribution in [2.24, 2.45) is 0 Å². The first-order chi connectivity index (χ1) is 10.5. The predicted molar refractivity (Wildman–Crippen MR) is 91.6 cm³/mol. The van der Waals surface area contributed by atoms with Gasteiger partial charge < -0.3 is 0 Å². The highest BCUT2D eigenvalue weighted by Crippen LogP contribution is 2.32. The molecule has 0 fully saturated rings. The molecule has 2 nitrogen and oxygen atoms in total. The summed E-state index contributed by atoms with van der Waals surface area (Å²) < 4.78 is 0. The van der Waals surface area contributed by atoms with Crippen LogP contribution in [0.3, 0.4) is 0 Å². The van der Waals surface area contributed by atoms with Gasteiger partial charge in [0.2, 0.25) is 0 Å². The summed E-state index contributed by atoms with van der Waals surface area (Å²) in [6.07, 6.45) is 5.50. The van der Waals surface area contributed by atoms with E-state index in [9.17, 15) is 0 Å². The monoisotopic (exact) mass is 288 g/mol. The summed E-state index contributed by atoms with van der Waals surface area (Å²) in [7, 11) is 0.